The molecule has 2 aliphatic heterocycles. The highest BCUT2D eigenvalue weighted by molar-refractivity contribution is 6.71. The van der Waals surface area contributed by atoms with Gasteiger partial charge in [-0.1, -0.05) is 31.7 Å². The van der Waals surface area contributed by atoms with Gasteiger partial charge in [0.25, 0.3) is 5.97 Å². The Morgan fingerprint density at radius 1 is 1.50 bits per heavy atom. The first kappa shape index (κ1) is 8.35. The van der Waals surface area contributed by atoms with E-state index in [-0.39, 0.29) is 5.97 Å². The van der Waals surface area contributed by atoms with Gasteiger partial charge in [0.1, 0.15) is 0 Å². The second-order valence-corrected chi connectivity index (χ2v) is 4.66. The van der Waals surface area contributed by atoms with E-state index in [1.807, 2.05) is 4.81 Å². The van der Waals surface area contributed by atoms with Crippen LogP contribution in [0.15, 0.2) is 12.3 Å². The molecule has 1 saturated carbocycles. The van der Waals surface area contributed by atoms with Crippen LogP contribution in [-0.4, -0.2) is 30.6 Å². The minimum atomic E-state index is -1.50. The molecule has 0 aromatic heterocycles. The highest BCUT2D eigenvalue weighted by Gasteiger charge is 2.61. The summed E-state index contributed by atoms with van der Waals surface area (Å²) in [6, 6.07) is 0. The molecule has 0 aromatic rings. The fourth-order valence-electron chi connectivity index (χ4n) is 2.76. The summed E-state index contributed by atoms with van der Waals surface area (Å²) >= 11 is 0. The average molecular weight is 194 g/mol. The molecule has 2 heterocycles. The van der Waals surface area contributed by atoms with Crippen LogP contribution in [0.5, 0.6) is 0 Å². The zero-order chi connectivity index (χ0) is 9.92. The maximum atomic E-state index is 11.2. The van der Waals surface area contributed by atoms with Gasteiger partial charge >= 0.3 is 6.69 Å². The molecule has 0 amide bonds. The molecule has 3 aliphatic rings. The van der Waals surface area contributed by atoms with Crippen LogP contribution in [0.25, 0.3) is 0 Å². The second kappa shape index (κ2) is 2.34. The van der Waals surface area contributed by atoms with E-state index in [0.717, 1.165) is 12.2 Å². The normalized spacial score (nSPS) is 46.1. The standard InChI is InChI=1S/C9H13BNO3/c1-6-3-8(6)10-11(4-7(2)13-10)5-9(12)14-10/h6,8H,2-5H2,1H3/q-1/t6-,8-,10?/m1/s1. The molecule has 1 aliphatic carbocycles. The van der Waals surface area contributed by atoms with Crippen molar-refractivity contribution in [2.24, 2.45) is 5.92 Å². The highest BCUT2D eigenvalue weighted by Crippen LogP contribution is 2.56. The van der Waals surface area contributed by atoms with Gasteiger partial charge in [0.15, 0.2) is 0 Å². The van der Waals surface area contributed by atoms with Crippen molar-refractivity contribution in [3.8, 4) is 0 Å². The molecular formula is C9H13BNO3-. The van der Waals surface area contributed by atoms with Gasteiger partial charge in [-0.2, -0.15) is 0 Å². The van der Waals surface area contributed by atoms with Crippen molar-refractivity contribution in [2.75, 3.05) is 13.1 Å². The lowest BCUT2D eigenvalue weighted by molar-refractivity contribution is -0.132. The van der Waals surface area contributed by atoms with Gasteiger partial charge in [-0.3, -0.25) is 4.79 Å². The minimum absolute atomic E-state index is 0.156. The van der Waals surface area contributed by atoms with Crippen molar-refractivity contribution in [1.29, 1.82) is 0 Å². The molecule has 0 aromatic carbocycles. The first-order chi connectivity index (χ1) is 6.62. The van der Waals surface area contributed by atoms with Crippen molar-refractivity contribution in [3.63, 3.8) is 0 Å². The lowest BCUT2D eigenvalue weighted by atomic mass is 9.64. The van der Waals surface area contributed by atoms with Crippen LogP contribution in [0.3, 0.4) is 0 Å². The predicted octanol–water partition coefficient (Wildman–Crippen LogP) is 0.738. The SMILES string of the molecule is C=C1CN2CC(=O)O[B-]2([C@@H]2C[C@H]2C)O1. The van der Waals surface area contributed by atoms with Crippen molar-refractivity contribution >= 4 is 12.7 Å². The van der Waals surface area contributed by atoms with Gasteiger partial charge in [0, 0.05) is 6.54 Å². The van der Waals surface area contributed by atoms with E-state index in [0.29, 0.717) is 24.8 Å². The van der Waals surface area contributed by atoms with Gasteiger partial charge in [0.05, 0.1) is 12.3 Å². The Labute approximate surface area is 82.9 Å². The number of carbonyl (C=O) groups is 1. The molecule has 0 bridgehead atoms. The third-order valence-corrected chi connectivity index (χ3v) is 3.57. The minimum Gasteiger partial charge on any atom is -0.672 e. The summed E-state index contributed by atoms with van der Waals surface area (Å²) in [5, 5.41) is 0. The van der Waals surface area contributed by atoms with Gasteiger partial charge in [-0.25, -0.2) is 0 Å². The molecule has 5 heteroatoms. The Balaban J connectivity index is 1.93. The smallest absolute Gasteiger partial charge is 0.433 e. The van der Waals surface area contributed by atoms with E-state index in [2.05, 4.69) is 13.5 Å². The molecule has 2 saturated heterocycles. The quantitative estimate of drug-likeness (QED) is 0.577. The van der Waals surface area contributed by atoms with E-state index >= 15 is 0 Å². The first-order valence-electron chi connectivity index (χ1n) is 5.10. The number of hydrogen-bond donors (Lipinski definition) is 0. The van der Waals surface area contributed by atoms with Crippen molar-refractivity contribution in [3.05, 3.63) is 12.3 Å². The number of rotatable bonds is 1. The Morgan fingerprint density at radius 2 is 2.21 bits per heavy atom. The number of hydrogen-bond acceptors (Lipinski definition) is 4. The molecule has 3 fully saturated rings. The highest BCUT2D eigenvalue weighted by atomic mass is 16.7. The lowest BCUT2D eigenvalue weighted by Gasteiger charge is -2.35. The largest absolute Gasteiger partial charge is 0.672 e. The molecule has 0 radical (unpaired) electrons. The molecule has 14 heavy (non-hydrogen) atoms. The lowest BCUT2D eigenvalue weighted by Crippen LogP contribution is -2.48. The van der Waals surface area contributed by atoms with Gasteiger partial charge in [0.2, 0.25) is 0 Å². The summed E-state index contributed by atoms with van der Waals surface area (Å²) in [6.45, 7) is 5.48. The molecular weight excluding hydrogens is 181 g/mol. The van der Waals surface area contributed by atoms with Crippen LogP contribution in [0.4, 0.5) is 0 Å². The Bertz CT molecular complexity index is 310. The summed E-state index contributed by atoms with van der Waals surface area (Å²) in [4.78, 5) is 13.3. The Morgan fingerprint density at radius 3 is 2.86 bits per heavy atom. The van der Waals surface area contributed by atoms with Crippen LogP contribution in [-0.2, 0) is 14.1 Å². The van der Waals surface area contributed by atoms with Crippen LogP contribution < -0.4 is 0 Å². The van der Waals surface area contributed by atoms with Crippen molar-refractivity contribution < 1.29 is 14.1 Å². The zero-order valence-corrected chi connectivity index (χ0v) is 8.23. The summed E-state index contributed by atoms with van der Waals surface area (Å²) in [7, 11) is 0. The van der Waals surface area contributed by atoms with Crippen LogP contribution in [0.1, 0.15) is 13.3 Å². The monoisotopic (exact) mass is 194 g/mol. The molecule has 4 nitrogen and oxygen atoms in total. The maximum absolute atomic E-state index is 11.2. The van der Waals surface area contributed by atoms with Gasteiger partial charge < -0.3 is 14.1 Å². The average Bonchev–Trinajstić information content (AvgIpc) is 2.61. The molecule has 3 rings (SSSR count). The predicted molar refractivity (Wildman–Crippen MR) is 51.2 cm³/mol. The molecule has 1 unspecified atom stereocenters. The van der Waals surface area contributed by atoms with Crippen molar-refractivity contribution in [1.82, 2.24) is 4.81 Å². The van der Waals surface area contributed by atoms with Gasteiger partial charge in [-0.15, -0.1) is 0 Å². The van der Waals surface area contributed by atoms with E-state index in [1.54, 1.807) is 0 Å². The van der Waals surface area contributed by atoms with E-state index < -0.39 is 6.69 Å². The summed E-state index contributed by atoms with van der Waals surface area (Å²) in [6.07, 6.45) is 1.09. The maximum Gasteiger partial charge on any atom is 0.433 e. The van der Waals surface area contributed by atoms with E-state index in [1.165, 1.54) is 0 Å². The molecule has 3 atom stereocenters. The van der Waals surface area contributed by atoms with Crippen LogP contribution >= 0.6 is 0 Å². The van der Waals surface area contributed by atoms with Crippen molar-refractivity contribution in [2.45, 2.75) is 19.2 Å². The summed E-state index contributed by atoms with van der Waals surface area (Å²) in [5.41, 5.74) is 0. The third-order valence-electron chi connectivity index (χ3n) is 3.57. The van der Waals surface area contributed by atoms with Crippen LogP contribution in [0.2, 0.25) is 5.82 Å². The second-order valence-electron chi connectivity index (χ2n) is 4.66. The summed E-state index contributed by atoms with van der Waals surface area (Å²) < 4.78 is 11.1. The Kier molecular flexibility index (Phi) is 1.39. The van der Waals surface area contributed by atoms with E-state index in [9.17, 15) is 4.79 Å². The third kappa shape index (κ3) is 0.905. The van der Waals surface area contributed by atoms with Gasteiger partial charge in [-0.05, 0) is 0 Å². The van der Waals surface area contributed by atoms with E-state index in [4.69, 9.17) is 9.31 Å². The number of nitrogens with zero attached hydrogens (tertiary/aromatic N) is 1. The number of fused-ring (bicyclic) bond motifs is 1. The zero-order valence-electron chi connectivity index (χ0n) is 8.23. The summed E-state index contributed by atoms with van der Waals surface area (Å²) in [5.74, 6) is 1.57. The fraction of sp³-hybridized carbons (Fsp3) is 0.667. The van der Waals surface area contributed by atoms with Crippen LogP contribution in [0, 0.1) is 5.92 Å². The fourth-order valence-corrected chi connectivity index (χ4v) is 2.76. The molecule has 0 N–H and O–H groups in total. The molecule has 76 valence electrons. The Hall–Kier alpha value is -0.965. The topological polar surface area (TPSA) is 38.8 Å². The number of carbonyl (C=O) groups excluding carboxylic acids is 1. The first-order valence-corrected chi connectivity index (χ1v) is 5.10. The molecule has 0 spiro atoms.